The van der Waals surface area contributed by atoms with Gasteiger partial charge in [0.15, 0.2) is 0 Å². The summed E-state index contributed by atoms with van der Waals surface area (Å²) in [6, 6.07) is 0. The third-order valence-corrected chi connectivity index (χ3v) is 15.9. The maximum absolute atomic E-state index is 2.65. The SMILES string of the molecule is N12N3[Si]14N1N4[Si]231. The fourth-order valence-corrected chi connectivity index (χ4v) is 17.7. The molecule has 0 unspecified atom stereocenters. The van der Waals surface area contributed by atoms with Crippen LogP contribution >= 0.6 is 0 Å². The average Bonchev–Trinajstić information content (AvgIpc) is 2.12. The van der Waals surface area contributed by atoms with Gasteiger partial charge in [0.25, 0.3) is 0 Å². The summed E-state index contributed by atoms with van der Waals surface area (Å²) < 4.78 is 10.6. The predicted molar refractivity (Wildman–Crippen MR) is 18.9 cm³/mol. The van der Waals surface area contributed by atoms with Gasteiger partial charge < -0.3 is 0 Å². The topological polar surface area (TPSA) is 12.0 Å². The Balaban J connectivity index is 2.53. The van der Waals surface area contributed by atoms with Crippen LogP contribution in [0.1, 0.15) is 0 Å². The summed E-state index contributed by atoms with van der Waals surface area (Å²) in [5.41, 5.74) is 0. The molecular weight excluding hydrogens is 112 g/mol. The first-order chi connectivity index (χ1) is 2.98. The van der Waals surface area contributed by atoms with E-state index in [0.717, 1.165) is 0 Å². The van der Waals surface area contributed by atoms with Gasteiger partial charge in [0, 0.05) is 0 Å². The van der Waals surface area contributed by atoms with Crippen molar-refractivity contribution in [1.29, 1.82) is 0 Å². The van der Waals surface area contributed by atoms with Gasteiger partial charge in [-0.05, 0) is 0 Å². The third-order valence-electron chi connectivity index (χ3n) is 2.52. The molecule has 0 N–H and O–H groups in total. The van der Waals surface area contributed by atoms with Crippen molar-refractivity contribution >= 4 is 17.4 Å². The molecular formula is N4Si2. The lowest BCUT2D eigenvalue weighted by atomic mass is 13.0. The molecule has 2 spiro atoms. The Morgan fingerprint density at radius 1 is 0.667 bits per heavy atom. The van der Waals surface area contributed by atoms with E-state index in [0.29, 0.717) is 0 Å². The second-order valence-electron chi connectivity index (χ2n) is 2.45. The number of hydrazine groups is 2. The minimum absolute atomic E-state index is 0.611. The minimum atomic E-state index is -0.611. The highest BCUT2D eigenvalue weighted by Gasteiger charge is 3.44. The number of hydrogen-bond acceptors (Lipinski definition) is 4. The predicted octanol–water partition coefficient (Wildman–Crippen LogP) is -2.04. The molecule has 0 amide bonds. The summed E-state index contributed by atoms with van der Waals surface area (Å²) in [7, 11) is -1.22. The van der Waals surface area contributed by atoms with Crippen molar-refractivity contribution in [3.63, 3.8) is 0 Å². The molecule has 4 aliphatic rings. The monoisotopic (exact) mass is 112 g/mol. The van der Waals surface area contributed by atoms with Crippen LogP contribution in [0.5, 0.6) is 0 Å². The Kier molecular flexibility index (Phi) is 0.0450. The van der Waals surface area contributed by atoms with Crippen LogP contribution < -0.4 is 0 Å². The van der Waals surface area contributed by atoms with Crippen LogP contribution in [0.25, 0.3) is 0 Å². The van der Waals surface area contributed by atoms with Crippen molar-refractivity contribution in [2.75, 3.05) is 0 Å². The van der Waals surface area contributed by atoms with Gasteiger partial charge in [-0.3, -0.25) is 0 Å². The van der Waals surface area contributed by atoms with E-state index in [-0.39, 0.29) is 0 Å². The van der Waals surface area contributed by atoms with E-state index in [1.807, 2.05) is 0 Å². The van der Waals surface area contributed by atoms with Gasteiger partial charge in [-0.1, -0.05) is 0 Å². The maximum atomic E-state index is 2.65. The van der Waals surface area contributed by atoms with Crippen LogP contribution in [-0.2, 0) is 0 Å². The van der Waals surface area contributed by atoms with Crippen LogP contribution in [0.3, 0.4) is 0 Å². The Morgan fingerprint density at radius 2 is 1.00 bits per heavy atom. The van der Waals surface area contributed by atoms with E-state index >= 15 is 0 Å². The van der Waals surface area contributed by atoms with E-state index in [1.54, 1.807) is 0 Å². The largest absolute Gasteiger partial charge is 0.415 e. The van der Waals surface area contributed by atoms with Gasteiger partial charge in [0.05, 0.1) is 0 Å². The summed E-state index contributed by atoms with van der Waals surface area (Å²) in [6.07, 6.45) is 0. The molecule has 4 rings (SSSR count). The first kappa shape index (κ1) is 1.65. The molecule has 0 saturated carbocycles. The molecule has 6 heteroatoms. The number of fused-ring (bicyclic) bond motifs is 10. The number of rotatable bonds is 0. The zero-order valence-electron chi connectivity index (χ0n) is 2.79. The molecule has 0 atom stereocenters. The summed E-state index contributed by atoms with van der Waals surface area (Å²) in [4.78, 5) is 0. The molecule has 0 aromatic rings. The lowest BCUT2D eigenvalue weighted by Gasteiger charge is -2.23. The molecule has 0 aromatic carbocycles. The Labute approximate surface area is 35.7 Å². The van der Waals surface area contributed by atoms with E-state index < -0.39 is 17.4 Å². The quantitative estimate of drug-likeness (QED) is 0.264. The zero-order valence-corrected chi connectivity index (χ0v) is 4.79. The Bertz CT molecular complexity index is 151. The fourth-order valence-electron chi connectivity index (χ4n) is 2.07. The number of hydrogen-bond donors (Lipinski definition) is 0. The van der Waals surface area contributed by atoms with Crippen LogP contribution in [0.15, 0.2) is 0 Å². The second-order valence-corrected chi connectivity index (χ2v) is 10.0. The van der Waals surface area contributed by atoms with E-state index in [2.05, 4.69) is 17.4 Å². The van der Waals surface area contributed by atoms with Crippen molar-refractivity contribution < 1.29 is 0 Å². The van der Waals surface area contributed by atoms with Gasteiger partial charge in [-0.15, -0.1) is 0 Å². The van der Waals surface area contributed by atoms with Crippen molar-refractivity contribution in [2.24, 2.45) is 0 Å². The molecule has 0 radical (unpaired) electrons. The Hall–Kier alpha value is 0.274. The van der Waals surface area contributed by atoms with E-state index in [1.165, 1.54) is 0 Å². The highest BCUT2D eigenvalue weighted by molar-refractivity contribution is 7.48. The molecule has 4 heterocycles. The first-order valence-electron chi connectivity index (χ1n) is 2.19. The summed E-state index contributed by atoms with van der Waals surface area (Å²) in [5.74, 6) is 0. The van der Waals surface area contributed by atoms with E-state index in [4.69, 9.17) is 0 Å². The molecule has 4 saturated heterocycles. The molecule has 4 aliphatic heterocycles. The highest BCUT2D eigenvalue weighted by Crippen LogP contribution is 3.03. The van der Waals surface area contributed by atoms with Crippen LogP contribution in [0.4, 0.5) is 0 Å². The minimum Gasteiger partial charge on any atom is -0.207 e. The second kappa shape index (κ2) is 0.163. The molecule has 0 aliphatic carbocycles. The number of nitrogens with zero attached hydrogens (tertiary/aromatic N) is 4. The van der Waals surface area contributed by atoms with Crippen molar-refractivity contribution in [3.8, 4) is 0 Å². The van der Waals surface area contributed by atoms with Gasteiger partial charge in [-0.25, -0.2) is 17.4 Å². The smallest absolute Gasteiger partial charge is 0.207 e. The normalized spacial score (nSPS) is 136. The summed E-state index contributed by atoms with van der Waals surface area (Å²) >= 11 is 0. The first-order valence-corrected chi connectivity index (χ1v) is 5.77. The lowest BCUT2D eigenvalue weighted by Crippen LogP contribution is -2.73. The lowest BCUT2D eigenvalue weighted by molar-refractivity contribution is 0.839. The zero-order chi connectivity index (χ0) is 3.31. The van der Waals surface area contributed by atoms with Crippen LogP contribution in [-0.4, -0.2) is 34.8 Å². The van der Waals surface area contributed by atoms with Crippen LogP contribution in [0.2, 0.25) is 0 Å². The Morgan fingerprint density at radius 3 is 1.00 bits per heavy atom. The molecule has 28 valence electrons. The van der Waals surface area contributed by atoms with Gasteiger partial charge in [0.1, 0.15) is 0 Å². The van der Waals surface area contributed by atoms with Crippen molar-refractivity contribution in [3.05, 3.63) is 0 Å². The summed E-state index contributed by atoms with van der Waals surface area (Å²) in [5, 5.41) is 0. The average molecular weight is 112 g/mol. The summed E-state index contributed by atoms with van der Waals surface area (Å²) in [6.45, 7) is 0. The third kappa shape index (κ3) is 0.0197. The van der Waals surface area contributed by atoms with Gasteiger partial charge >= 0.3 is 17.4 Å². The van der Waals surface area contributed by atoms with Gasteiger partial charge in [0.2, 0.25) is 0 Å². The maximum Gasteiger partial charge on any atom is 0.415 e. The van der Waals surface area contributed by atoms with Crippen LogP contribution in [0, 0.1) is 0 Å². The molecule has 4 nitrogen and oxygen atoms in total. The van der Waals surface area contributed by atoms with E-state index in [9.17, 15) is 0 Å². The molecule has 0 bridgehead atoms. The molecule has 4 fully saturated rings. The van der Waals surface area contributed by atoms with Crippen molar-refractivity contribution in [1.82, 2.24) is 17.4 Å². The van der Waals surface area contributed by atoms with Gasteiger partial charge in [-0.2, -0.15) is 0 Å². The molecule has 0 aromatic heterocycles. The fraction of sp³-hybridized carbons (Fsp3) is 0. The highest BCUT2D eigenvalue weighted by atomic mass is 28.7. The standard InChI is InChI=1S/N4Si2/c1-2-5(1)3-4(5)6(1,2)3. The van der Waals surface area contributed by atoms with Crippen molar-refractivity contribution in [2.45, 2.75) is 0 Å². The molecule has 6 heavy (non-hydrogen) atoms.